The molecule has 0 bridgehead atoms. The van der Waals surface area contributed by atoms with Gasteiger partial charge in [0.15, 0.2) is 17.2 Å². The van der Waals surface area contributed by atoms with Gasteiger partial charge in [0.1, 0.15) is 5.69 Å². The van der Waals surface area contributed by atoms with Crippen molar-refractivity contribution in [2.24, 2.45) is 0 Å². The predicted octanol–water partition coefficient (Wildman–Crippen LogP) is 4.84. The van der Waals surface area contributed by atoms with Gasteiger partial charge in [-0.1, -0.05) is 23.7 Å². The van der Waals surface area contributed by atoms with Crippen LogP contribution in [0.1, 0.15) is 27.4 Å². The minimum absolute atomic E-state index is 0.0898. The molecule has 1 N–H and O–H groups in total. The van der Waals surface area contributed by atoms with Crippen molar-refractivity contribution in [3.05, 3.63) is 76.3 Å². The lowest BCUT2D eigenvalue weighted by molar-refractivity contribution is -0.291. The van der Waals surface area contributed by atoms with Gasteiger partial charge in [0, 0.05) is 29.0 Å². The maximum absolute atomic E-state index is 14.0. The molecular formula is C20H14ClF5N6O. The molecule has 4 rings (SSSR count). The fraction of sp³-hybridized carbons (Fsp3) is 0.200. The molecule has 3 heterocycles. The number of nitrogens with zero attached hydrogens (tertiary/aromatic N) is 5. The Labute approximate surface area is 187 Å². The number of aromatic nitrogens is 5. The van der Waals surface area contributed by atoms with E-state index in [1.165, 1.54) is 17.7 Å². The number of hydrogen-bond donors (Lipinski definition) is 1. The number of benzene rings is 1. The molecule has 1 aromatic carbocycles. The van der Waals surface area contributed by atoms with Crippen LogP contribution in [0.3, 0.4) is 0 Å². The topological polar surface area (TPSA) is 77.1 Å². The van der Waals surface area contributed by atoms with E-state index in [9.17, 15) is 26.7 Å². The second-order valence-corrected chi connectivity index (χ2v) is 7.57. The van der Waals surface area contributed by atoms with Crippen molar-refractivity contribution in [3.63, 3.8) is 0 Å². The van der Waals surface area contributed by atoms with Gasteiger partial charge in [-0.3, -0.25) is 9.48 Å². The highest BCUT2D eigenvalue weighted by atomic mass is 35.5. The Morgan fingerprint density at radius 3 is 2.55 bits per heavy atom. The number of hydrogen-bond acceptors (Lipinski definition) is 4. The van der Waals surface area contributed by atoms with Gasteiger partial charge in [0.2, 0.25) is 0 Å². The molecule has 0 fully saturated rings. The highest BCUT2D eigenvalue weighted by Gasteiger charge is 2.60. The first-order chi connectivity index (χ1) is 15.4. The third-order valence-corrected chi connectivity index (χ3v) is 4.82. The standard InChI is InChI=1S/C20H14ClF5N6O/c1-11-7-15(19(22,23)20(24,25)26)32-17(27-11)9-14(29-32)18(33)28-16-5-6-31(30-16)10-12-3-2-4-13(21)8-12/h2-9H,10H2,1H3,(H,28,30,33). The number of carbonyl (C=O) groups excluding carboxylic acids is 1. The van der Waals surface area contributed by atoms with Gasteiger partial charge < -0.3 is 5.32 Å². The van der Waals surface area contributed by atoms with Crippen LogP contribution in [0.2, 0.25) is 5.02 Å². The highest BCUT2D eigenvalue weighted by Crippen LogP contribution is 2.43. The molecule has 0 radical (unpaired) electrons. The summed E-state index contributed by atoms with van der Waals surface area (Å²) < 4.78 is 68.6. The number of halogens is 6. The van der Waals surface area contributed by atoms with Crippen LogP contribution in [0, 0.1) is 6.92 Å². The van der Waals surface area contributed by atoms with Crippen molar-refractivity contribution in [2.75, 3.05) is 5.32 Å². The molecule has 0 saturated carbocycles. The van der Waals surface area contributed by atoms with E-state index in [-0.39, 0.29) is 17.2 Å². The summed E-state index contributed by atoms with van der Waals surface area (Å²) in [5, 5.41) is 10.8. The molecule has 0 saturated heterocycles. The molecule has 7 nitrogen and oxygen atoms in total. The van der Waals surface area contributed by atoms with Gasteiger partial charge in [-0.05, 0) is 30.7 Å². The van der Waals surface area contributed by atoms with Crippen LogP contribution in [-0.2, 0) is 12.5 Å². The fourth-order valence-corrected chi connectivity index (χ4v) is 3.31. The predicted molar refractivity (Wildman–Crippen MR) is 108 cm³/mol. The molecule has 0 aliphatic rings. The Bertz CT molecular complexity index is 1350. The Hall–Kier alpha value is -3.54. The Morgan fingerprint density at radius 2 is 1.85 bits per heavy atom. The maximum Gasteiger partial charge on any atom is 0.459 e. The first-order valence-corrected chi connectivity index (χ1v) is 9.73. The van der Waals surface area contributed by atoms with Crippen LogP contribution in [-0.4, -0.2) is 36.5 Å². The van der Waals surface area contributed by atoms with Crippen LogP contribution in [0.15, 0.2) is 48.7 Å². The lowest BCUT2D eigenvalue weighted by Gasteiger charge is -2.20. The lowest BCUT2D eigenvalue weighted by atomic mass is 10.2. The maximum atomic E-state index is 14.0. The van der Waals surface area contributed by atoms with Gasteiger partial charge in [0.25, 0.3) is 5.91 Å². The van der Waals surface area contributed by atoms with Crippen LogP contribution in [0.4, 0.5) is 27.8 Å². The minimum atomic E-state index is -5.85. The summed E-state index contributed by atoms with van der Waals surface area (Å²) in [6.07, 6.45) is -4.26. The van der Waals surface area contributed by atoms with Crippen molar-refractivity contribution in [3.8, 4) is 0 Å². The van der Waals surface area contributed by atoms with Crippen LogP contribution in [0.25, 0.3) is 5.65 Å². The summed E-state index contributed by atoms with van der Waals surface area (Å²) in [5.74, 6) is -5.92. The van der Waals surface area contributed by atoms with Crippen LogP contribution >= 0.6 is 11.6 Å². The molecule has 0 aliphatic carbocycles. The third kappa shape index (κ3) is 4.51. The first-order valence-electron chi connectivity index (χ1n) is 9.36. The summed E-state index contributed by atoms with van der Waals surface area (Å²) in [5.41, 5.74) is -1.40. The van der Waals surface area contributed by atoms with Crippen molar-refractivity contribution < 1.29 is 26.7 Å². The Morgan fingerprint density at radius 1 is 1.09 bits per heavy atom. The van der Waals surface area contributed by atoms with E-state index in [0.717, 1.165) is 11.6 Å². The zero-order chi connectivity index (χ0) is 24.0. The average molecular weight is 485 g/mol. The van der Waals surface area contributed by atoms with E-state index >= 15 is 0 Å². The normalized spacial score (nSPS) is 12.3. The minimum Gasteiger partial charge on any atom is -0.304 e. The van der Waals surface area contributed by atoms with E-state index in [2.05, 4.69) is 20.5 Å². The Balaban J connectivity index is 1.58. The molecule has 0 aliphatic heterocycles. The molecule has 172 valence electrons. The van der Waals surface area contributed by atoms with Crippen LogP contribution in [0.5, 0.6) is 0 Å². The zero-order valence-corrected chi connectivity index (χ0v) is 17.5. The monoisotopic (exact) mass is 484 g/mol. The Kier molecular flexibility index (Phi) is 5.56. The van der Waals surface area contributed by atoms with Gasteiger partial charge in [-0.2, -0.15) is 32.1 Å². The second-order valence-electron chi connectivity index (χ2n) is 7.14. The van der Waals surface area contributed by atoms with Gasteiger partial charge in [0.05, 0.1) is 6.54 Å². The largest absolute Gasteiger partial charge is 0.459 e. The summed E-state index contributed by atoms with van der Waals surface area (Å²) in [4.78, 5) is 16.4. The van der Waals surface area contributed by atoms with Gasteiger partial charge in [-0.25, -0.2) is 9.50 Å². The summed E-state index contributed by atoms with van der Waals surface area (Å²) in [7, 11) is 0. The zero-order valence-electron chi connectivity index (χ0n) is 16.7. The van der Waals surface area contributed by atoms with Gasteiger partial charge >= 0.3 is 12.1 Å². The fourth-order valence-electron chi connectivity index (χ4n) is 3.10. The lowest BCUT2D eigenvalue weighted by Crippen LogP contribution is -2.36. The van der Waals surface area contributed by atoms with Crippen LogP contribution < -0.4 is 5.32 Å². The van der Waals surface area contributed by atoms with E-state index in [0.29, 0.717) is 22.1 Å². The molecular weight excluding hydrogens is 471 g/mol. The van der Waals surface area contributed by atoms with E-state index in [1.807, 2.05) is 6.07 Å². The molecule has 13 heteroatoms. The highest BCUT2D eigenvalue weighted by molar-refractivity contribution is 6.30. The number of alkyl halides is 5. The first kappa shape index (κ1) is 22.6. The SMILES string of the molecule is Cc1cc(C(F)(F)C(F)(F)F)n2nc(C(=O)Nc3ccn(Cc4cccc(Cl)c4)n3)cc2n1. The van der Waals surface area contributed by atoms with Crippen molar-refractivity contribution in [1.29, 1.82) is 0 Å². The number of anilines is 1. The summed E-state index contributed by atoms with van der Waals surface area (Å²) in [6.45, 7) is 1.62. The molecule has 0 spiro atoms. The smallest absolute Gasteiger partial charge is 0.304 e. The van der Waals surface area contributed by atoms with Gasteiger partial charge in [-0.15, -0.1) is 0 Å². The van der Waals surface area contributed by atoms with E-state index in [1.54, 1.807) is 24.4 Å². The van der Waals surface area contributed by atoms with E-state index < -0.39 is 29.4 Å². The molecule has 0 unspecified atom stereocenters. The number of fused-ring (bicyclic) bond motifs is 1. The molecule has 4 aromatic rings. The number of carbonyl (C=O) groups is 1. The summed E-state index contributed by atoms with van der Waals surface area (Å²) in [6, 6.07) is 10.2. The summed E-state index contributed by atoms with van der Waals surface area (Å²) >= 11 is 5.95. The second kappa shape index (κ2) is 8.10. The third-order valence-electron chi connectivity index (χ3n) is 4.58. The quantitative estimate of drug-likeness (QED) is 0.411. The molecule has 3 aromatic heterocycles. The molecule has 0 atom stereocenters. The number of amides is 1. The molecule has 1 amide bonds. The number of nitrogens with one attached hydrogen (secondary N) is 1. The van der Waals surface area contributed by atoms with Crippen molar-refractivity contribution >= 4 is 29.0 Å². The average Bonchev–Trinajstić information content (AvgIpc) is 3.33. The number of aryl methyl sites for hydroxylation is 1. The van der Waals surface area contributed by atoms with Crippen molar-refractivity contribution in [1.82, 2.24) is 24.4 Å². The van der Waals surface area contributed by atoms with E-state index in [4.69, 9.17) is 11.6 Å². The molecule has 33 heavy (non-hydrogen) atoms. The van der Waals surface area contributed by atoms with Crippen molar-refractivity contribution in [2.45, 2.75) is 25.6 Å². The number of rotatable bonds is 5.